The number of aliphatic hydroxyl groups excluding tert-OH is 2. The molecule has 0 aromatic rings. The van der Waals surface area contributed by atoms with Gasteiger partial charge in [0.2, 0.25) is 0 Å². The molecule has 11 N–H and O–H groups in total. The van der Waals surface area contributed by atoms with Crippen molar-refractivity contribution in [2.24, 2.45) is 29.0 Å². The fourth-order valence-corrected chi connectivity index (χ4v) is 1.22. The van der Waals surface area contributed by atoms with Crippen LogP contribution in [-0.4, -0.2) is 74.8 Å². The number of carbonyl (C=O) groups is 3. The summed E-state index contributed by atoms with van der Waals surface area (Å²) < 4.78 is 0. The number of nitrogens with two attached hydrogens (primary N) is 3. The first-order chi connectivity index (χ1) is 12.6. The van der Waals surface area contributed by atoms with Crippen LogP contribution in [0.1, 0.15) is 47.5 Å². The highest BCUT2D eigenvalue weighted by molar-refractivity contribution is 5.73. The molecule has 0 bridgehead atoms. The smallest absolute Gasteiger partial charge is 0.320 e. The topological polar surface area (TPSA) is 230 Å². The molecule has 0 spiro atoms. The Morgan fingerprint density at radius 3 is 1.04 bits per heavy atom. The van der Waals surface area contributed by atoms with Gasteiger partial charge in [0, 0.05) is 0 Å². The lowest BCUT2D eigenvalue weighted by molar-refractivity contribution is -0.139. The highest BCUT2D eigenvalue weighted by Crippen LogP contribution is 2.02. The number of rotatable bonds is 8. The quantitative estimate of drug-likeness (QED) is 0.247. The van der Waals surface area contributed by atoms with Crippen LogP contribution in [0.5, 0.6) is 0 Å². The van der Waals surface area contributed by atoms with Crippen LogP contribution in [0.15, 0.2) is 0 Å². The van der Waals surface area contributed by atoms with Gasteiger partial charge in [0.25, 0.3) is 0 Å². The molecule has 0 radical (unpaired) electrons. The van der Waals surface area contributed by atoms with Gasteiger partial charge in [0.05, 0.1) is 19.3 Å². The molecule has 28 heavy (non-hydrogen) atoms. The molecule has 0 rings (SSSR count). The van der Waals surface area contributed by atoms with Crippen molar-refractivity contribution in [3.8, 4) is 0 Å². The van der Waals surface area contributed by atoms with Crippen LogP contribution in [0.4, 0.5) is 0 Å². The molecule has 0 fully saturated rings. The summed E-state index contributed by atoms with van der Waals surface area (Å²) >= 11 is 0. The van der Waals surface area contributed by atoms with E-state index in [9.17, 15) is 14.4 Å². The number of carboxylic acids is 3. The summed E-state index contributed by atoms with van der Waals surface area (Å²) in [6.07, 6.45) is 0.542. The second-order valence-corrected chi connectivity index (χ2v) is 6.78. The Balaban J connectivity index is -0.000000143. The van der Waals surface area contributed by atoms with Crippen LogP contribution in [0, 0.1) is 11.8 Å². The molecule has 0 aliphatic heterocycles. The van der Waals surface area contributed by atoms with Crippen LogP contribution in [0.25, 0.3) is 0 Å². The van der Waals surface area contributed by atoms with Crippen molar-refractivity contribution >= 4 is 17.9 Å². The van der Waals surface area contributed by atoms with Crippen molar-refractivity contribution in [2.45, 2.75) is 65.6 Å². The first kappa shape index (κ1) is 33.8. The maximum atomic E-state index is 10.1. The third-order valence-corrected chi connectivity index (χ3v) is 2.52. The second kappa shape index (κ2) is 21.5. The van der Waals surface area contributed by atoms with E-state index in [1.165, 1.54) is 6.92 Å². The van der Waals surface area contributed by atoms with Gasteiger partial charge in [0.1, 0.15) is 12.1 Å². The van der Waals surface area contributed by atoms with Gasteiger partial charge in [-0.05, 0) is 31.6 Å². The van der Waals surface area contributed by atoms with Gasteiger partial charge in [0.15, 0.2) is 0 Å². The average molecular weight is 414 g/mol. The fourth-order valence-electron chi connectivity index (χ4n) is 1.22. The minimum absolute atomic E-state index is 0.139. The third-order valence-electron chi connectivity index (χ3n) is 2.52. The lowest BCUT2D eigenvalue weighted by atomic mass is 10.1. The van der Waals surface area contributed by atoms with E-state index in [0.717, 1.165) is 0 Å². The maximum absolute atomic E-state index is 10.1. The predicted octanol–water partition coefficient (Wildman–Crippen LogP) is -0.722. The minimum atomic E-state index is -0.968. The largest absolute Gasteiger partial charge is 0.480 e. The van der Waals surface area contributed by atoms with Gasteiger partial charge >= 0.3 is 17.9 Å². The van der Waals surface area contributed by atoms with Gasteiger partial charge in [-0.2, -0.15) is 0 Å². The van der Waals surface area contributed by atoms with Gasteiger partial charge < -0.3 is 42.7 Å². The highest BCUT2D eigenvalue weighted by atomic mass is 16.4. The molecule has 0 aliphatic rings. The lowest BCUT2D eigenvalue weighted by Gasteiger charge is -2.07. The SMILES string of the molecule is CC(C)CC(N)C(=O)O.CC(C)CC(N)C(=O)O.CC(O)CO.NCC(=O)O. The van der Waals surface area contributed by atoms with Crippen LogP contribution in [-0.2, 0) is 14.4 Å². The van der Waals surface area contributed by atoms with Crippen molar-refractivity contribution in [1.29, 1.82) is 0 Å². The Morgan fingerprint density at radius 1 is 0.786 bits per heavy atom. The Morgan fingerprint density at radius 2 is 1.00 bits per heavy atom. The zero-order valence-electron chi connectivity index (χ0n) is 17.4. The Labute approximate surface area is 166 Å². The van der Waals surface area contributed by atoms with Crippen LogP contribution >= 0.6 is 0 Å². The number of hydrogen-bond acceptors (Lipinski definition) is 8. The van der Waals surface area contributed by atoms with Gasteiger partial charge in [-0.25, -0.2) is 0 Å². The summed E-state index contributed by atoms with van der Waals surface area (Å²) in [4.78, 5) is 29.5. The van der Waals surface area contributed by atoms with Crippen molar-refractivity contribution in [1.82, 2.24) is 0 Å². The van der Waals surface area contributed by atoms with Crippen molar-refractivity contribution < 1.29 is 39.9 Å². The molecule has 0 saturated carbocycles. The lowest BCUT2D eigenvalue weighted by Crippen LogP contribution is -2.31. The standard InChI is InChI=1S/2C6H13NO2.C3H8O2.C2H5NO2/c2*1-4(2)3-5(7)6(8)9;1-3(5)2-4;3-1-2(4)5/h2*4-5H,3,7H2,1-2H3,(H,8,9);3-5H,2H2,1H3;1,3H2,(H,4,5). The van der Waals surface area contributed by atoms with E-state index in [1.54, 1.807) is 0 Å². The highest BCUT2D eigenvalue weighted by Gasteiger charge is 2.12. The second-order valence-electron chi connectivity index (χ2n) is 6.78. The van der Waals surface area contributed by atoms with Crippen molar-refractivity contribution in [3.05, 3.63) is 0 Å². The van der Waals surface area contributed by atoms with E-state index >= 15 is 0 Å². The van der Waals surface area contributed by atoms with Crippen LogP contribution in [0.2, 0.25) is 0 Å². The first-order valence-corrected chi connectivity index (χ1v) is 8.79. The first-order valence-electron chi connectivity index (χ1n) is 8.79. The molecule has 0 amide bonds. The molecule has 11 heteroatoms. The summed E-state index contributed by atoms with van der Waals surface area (Å²) in [5, 5.41) is 40.2. The van der Waals surface area contributed by atoms with Crippen molar-refractivity contribution in [3.63, 3.8) is 0 Å². The molecular weight excluding hydrogens is 374 g/mol. The molecule has 170 valence electrons. The molecule has 0 aromatic carbocycles. The summed E-state index contributed by atoms with van der Waals surface area (Å²) in [5.41, 5.74) is 15.0. The monoisotopic (exact) mass is 413 g/mol. The molecule has 0 aromatic heterocycles. The van der Waals surface area contributed by atoms with E-state index in [0.29, 0.717) is 24.7 Å². The number of carboxylic acid groups (broad SMARTS) is 3. The summed E-state index contributed by atoms with van der Waals surface area (Å²) in [5.74, 6) is -2.08. The molecule has 11 nitrogen and oxygen atoms in total. The molecule has 0 aliphatic carbocycles. The molecular formula is C17H39N3O8. The summed E-state index contributed by atoms with van der Waals surface area (Å²) in [7, 11) is 0. The van der Waals surface area contributed by atoms with Gasteiger partial charge in [-0.3, -0.25) is 14.4 Å². The normalized spacial score (nSPS) is 12.9. The predicted molar refractivity (Wildman–Crippen MR) is 106 cm³/mol. The molecule has 0 heterocycles. The van der Waals surface area contributed by atoms with E-state index in [-0.39, 0.29) is 13.2 Å². The Kier molecular flexibility index (Phi) is 25.9. The van der Waals surface area contributed by atoms with Crippen molar-refractivity contribution in [2.75, 3.05) is 13.2 Å². The van der Waals surface area contributed by atoms with Crippen LogP contribution < -0.4 is 17.2 Å². The zero-order chi connectivity index (χ0) is 23.4. The van der Waals surface area contributed by atoms with Crippen LogP contribution in [0.3, 0.4) is 0 Å². The number of aliphatic hydroxyl groups is 2. The summed E-state index contributed by atoms with van der Waals surface area (Å²) in [6.45, 7) is 8.90. The van der Waals surface area contributed by atoms with E-state index < -0.39 is 36.1 Å². The van der Waals surface area contributed by atoms with Gasteiger partial charge in [-0.1, -0.05) is 27.7 Å². The number of aliphatic carboxylic acids is 3. The fraction of sp³-hybridized carbons (Fsp3) is 0.824. The number of hydrogen-bond donors (Lipinski definition) is 8. The molecule has 0 saturated heterocycles. The minimum Gasteiger partial charge on any atom is -0.480 e. The maximum Gasteiger partial charge on any atom is 0.320 e. The van der Waals surface area contributed by atoms with E-state index in [2.05, 4.69) is 5.73 Å². The Bertz CT molecular complexity index is 378. The molecule has 3 unspecified atom stereocenters. The molecule has 3 atom stereocenters. The third kappa shape index (κ3) is 39.3. The summed E-state index contributed by atoms with van der Waals surface area (Å²) in [6, 6.07) is -1.38. The zero-order valence-corrected chi connectivity index (χ0v) is 17.4. The van der Waals surface area contributed by atoms with Gasteiger partial charge in [-0.15, -0.1) is 0 Å². The Hall–Kier alpha value is -1.79. The van der Waals surface area contributed by atoms with E-state index in [4.69, 9.17) is 37.0 Å². The van der Waals surface area contributed by atoms with E-state index in [1.807, 2.05) is 27.7 Å². The average Bonchev–Trinajstić information content (AvgIpc) is 2.55.